The Labute approximate surface area is 265 Å². The van der Waals surface area contributed by atoms with Gasteiger partial charge in [0.05, 0.1) is 11.8 Å². The third-order valence-corrected chi connectivity index (χ3v) is 6.44. The number of carbonyl (C=O) groups excluding carboxylic acids is 4. The molecule has 0 saturated carbocycles. The van der Waals surface area contributed by atoms with E-state index in [0.29, 0.717) is 33.0 Å². The number of halogens is 1. The Morgan fingerprint density at radius 1 is 0.733 bits per heavy atom. The van der Waals surface area contributed by atoms with Crippen LogP contribution >= 0.6 is 11.6 Å². The lowest BCUT2D eigenvalue weighted by molar-refractivity contribution is -0.129. The van der Waals surface area contributed by atoms with E-state index in [1.54, 1.807) is 97.1 Å². The number of hydrazone groups is 1. The van der Waals surface area contributed by atoms with E-state index in [2.05, 4.69) is 15.8 Å². The lowest BCUT2D eigenvalue weighted by Gasteiger charge is -2.17. The number of rotatable bonds is 9. The number of ether oxygens (including phenoxy) is 2. The monoisotopic (exact) mass is 623 g/mol. The molecule has 0 aliphatic carbocycles. The van der Waals surface area contributed by atoms with Gasteiger partial charge in [0.2, 0.25) is 5.91 Å². The highest BCUT2D eigenvalue weighted by atomic mass is 35.5. The summed E-state index contributed by atoms with van der Waals surface area (Å²) in [6.45, 7) is 5.43. The summed E-state index contributed by atoms with van der Waals surface area (Å²) in [4.78, 5) is 49.9. The van der Waals surface area contributed by atoms with Gasteiger partial charge in [-0.25, -0.2) is 15.0 Å². The molecule has 0 bridgehead atoms. The van der Waals surface area contributed by atoms with E-state index in [0.717, 1.165) is 0 Å². The minimum absolute atomic E-state index is 0.139. The first-order chi connectivity index (χ1) is 21.5. The zero-order valence-corrected chi connectivity index (χ0v) is 25.5. The van der Waals surface area contributed by atoms with Gasteiger partial charge in [0, 0.05) is 38.9 Å². The van der Waals surface area contributed by atoms with Crippen LogP contribution in [0.15, 0.2) is 108 Å². The third kappa shape index (κ3) is 9.47. The Morgan fingerprint density at radius 2 is 1.31 bits per heavy atom. The summed E-state index contributed by atoms with van der Waals surface area (Å²) in [6, 6.07) is 26.1. The lowest BCUT2D eigenvalue weighted by atomic mass is 9.95. The van der Waals surface area contributed by atoms with Gasteiger partial charge in [-0.3, -0.25) is 9.59 Å². The van der Waals surface area contributed by atoms with Crippen molar-refractivity contribution >= 4 is 53.3 Å². The van der Waals surface area contributed by atoms with Crippen molar-refractivity contribution in [3.05, 3.63) is 130 Å². The summed E-state index contributed by atoms with van der Waals surface area (Å²) >= 11 is 5.89. The fraction of sp³-hybridized carbons (Fsp3) is 0.114. The van der Waals surface area contributed by atoms with Gasteiger partial charge in [0.15, 0.2) is 0 Å². The van der Waals surface area contributed by atoms with Crippen LogP contribution < -0.4 is 20.2 Å². The number of amides is 2. The predicted octanol–water partition coefficient (Wildman–Crippen LogP) is 6.93. The fourth-order valence-electron chi connectivity index (χ4n) is 3.68. The Hall–Kier alpha value is -5.54. The first-order valence-corrected chi connectivity index (χ1v) is 14.2. The smallest absolute Gasteiger partial charge is 0.343 e. The fourth-order valence-corrected chi connectivity index (χ4v) is 3.81. The molecule has 0 spiro atoms. The van der Waals surface area contributed by atoms with E-state index >= 15 is 0 Å². The third-order valence-electron chi connectivity index (χ3n) is 6.19. The molecule has 4 rings (SSSR count). The summed E-state index contributed by atoms with van der Waals surface area (Å²) in [5, 5.41) is 7.29. The van der Waals surface area contributed by atoms with E-state index in [1.807, 2.05) is 20.8 Å². The van der Waals surface area contributed by atoms with Crippen molar-refractivity contribution in [1.82, 2.24) is 5.43 Å². The summed E-state index contributed by atoms with van der Waals surface area (Å²) in [5.74, 6) is -1.39. The van der Waals surface area contributed by atoms with Crippen molar-refractivity contribution in [3.8, 4) is 11.5 Å². The predicted molar refractivity (Wildman–Crippen MR) is 174 cm³/mol. The van der Waals surface area contributed by atoms with Gasteiger partial charge >= 0.3 is 11.9 Å². The summed E-state index contributed by atoms with van der Waals surface area (Å²) < 4.78 is 11.0. The van der Waals surface area contributed by atoms with Crippen LogP contribution in [0.3, 0.4) is 0 Å². The molecule has 0 aliphatic heterocycles. The minimum Gasteiger partial charge on any atom is -0.423 e. The molecule has 0 radical (unpaired) electrons. The molecule has 228 valence electrons. The van der Waals surface area contributed by atoms with Crippen LogP contribution in [0.4, 0.5) is 5.69 Å². The Morgan fingerprint density at radius 3 is 1.96 bits per heavy atom. The minimum atomic E-state index is -0.683. The second-order valence-electron chi connectivity index (χ2n) is 10.7. The Kier molecular flexibility index (Phi) is 10.6. The highest BCUT2D eigenvalue weighted by Gasteiger charge is 2.21. The molecule has 4 aromatic rings. The lowest BCUT2D eigenvalue weighted by Crippen LogP contribution is -2.27. The quantitative estimate of drug-likeness (QED) is 0.0685. The largest absolute Gasteiger partial charge is 0.423 e. The van der Waals surface area contributed by atoms with Gasteiger partial charge in [-0.2, -0.15) is 5.10 Å². The highest BCUT2D eigenvalue weighted by Crippen LogP contribution is 2.23. The summed E-state index contributed by atoms with van der Waals surface area (Å²) in [6.07, 6.45) is 4.04. The van der Waals surface area contributed by atoms with Crippen LogP contribution in [0.2, 0.25) is 5.02 Å². The van der Waals surface area contributed by atoms with Crippen molar-refractivity contribution in [3.63, 3.8) is 0 Å². The second-order valence-corrected chi connectivity index (χ2v) is 11.1. The number of benzene rings is 4. The molecule has 0 aromatic heterocycles. The van der Waals surface area contributed by atoms with Crippen molar-refractivity contribution in [2.45, 2.75) is 20.8 Å². The van der Waals surface area contributed by atoms with Gasteiger partial charge < -0.3 is 14.8 Å². The zero-order valence-electron chi connectivity index (χ0n) is 24.7. The van der Waals surface area contributed by atoms with Gasteiger partial charge in [-0.05, 0) is 72.8 Å². The Balaban J connectivity index is 1.36. The Bertz CT molecular complexity index is 1760. The second kappa shape index (κ2) is 14.8. The van der Waals surface area contributed by atoms with Gasteiger partial charge in [0.25, 0.3) is 5.91 Å². The standard InChI is InChI=1S/C35H30ClN3O6/c1-35(2,3)34(43)38-28-19-14-24(15-20-28)32(41)39-37-22-26-9-5-7-11-30(26)44-31(40)21-16-23-8-4-6-10-29(23)45-33(42)25-12-17-27(36)18-13-25/h4-22H,1-3H3,(H,38,43)(H,39,41)/b21-16+,37-22+. The van der Waals surface area contributed by atoms with E-state index in [4.69, 9.17) is 21.1 Å². The van der Waals surface area contributed by atoms with Crippen LogP contribution in [0.5, 0.6) is 11.5 Å². The molecule has 0 fully saturated rings. The van der Waals surface area contributed by atoms with Gasteiger partial charge in [-0.15, -0.1) is 0 Å². The van der Waals surface area contributed by atoms with Gasteiger partial charge in [0.1, 0.15) is 11.5 Å². The zero-order chi connectivity index (χ0) is 32.4. The average molecular weight is 624 g/mol. The molecule has 0 heterocycles. The highest BCUT2D eigenvalue weighted by molar-refractivity contribution is 6.30. The molecule has 0 atom stereocenters. The maximum Gasteiger partial charge on any atom is 0.343 e. The maximum absolute atomic E-state index is 12.7. The molecule has 2 N–H and O–H groups in total. The number of hydrogen-bond acceptors (Lipinski definition) is 7. The van der Waals surface area contributed by atoms with Crippen LogP contribution in [0, 0.1) is 5.41 Å². The molecule has 10 heteroatoms. The van der Waals surface area contributed by atoms with E-state index in [1.165, 1.54) is 18.4 Å². The van der Waals surface area contributed by atoms with Crippen molar-refractivity contribution in [1.29, 1.82) is 0 Å². The normalized spacial score (nSPS) is 11.3. The topological polar surface area (TPSA) is 123 Å². The van der Waals surface area contributed by atoms with E-state index in [-0.39, 0.29) is 17.4 Å². The molecule has 0 aliphatic rings. The number of nitrogens with one attached hydrogen (secondary N) is 2. The molecular formula is C35H30ClN3O6. The number of para-hydroxylation sites is 2. The molecule has 9 nitrogen and oxygen atoms in total. The number of hydrogen-bond donors (Lipinski definition) is 2. The summed E-state index contributed by atoms with van der Waals surface area (Å²) in [7, 11) is 0. The average Bonchev–Trinajstić information content (AvgIpc) is 3.01. The number of anilines is 1. The molecule has 2 amide bonds. The first-order valence-electron chi connectivity index (χ1n) is 13.8. The maximum atomic E-state index is 12.7. The molecule has 45 heavy (non-hydrogen) atoms. The molecule has 0 saturated heterocycles. The van der Waals surface area contributed by atoms with Gasteiger partial charge in [-0.1, -0.05) is 62.7 Å². The van der Waals surface area contributed by atoms with Crippen molar-refractivity contribution in [2.75, 3.05) is 5.32 Å². The SMILES string of the molecule is CC(C)(C)C(=O)Nc1ccc(C(=O)N/N=C/c2ccccc2OC(=O)/C=C/c2ccccc2OC(=O)c2ccc(Cl)cc2)cc1. The molecular weight excluding hydrogens is 594 g/mol. The first kappa shape index (κ1) is 32.4. The van der Waals surface area contributed by atoms with Crippen molar-refractivity contribution in [2.24, 2.45) is 10.5 Å². The number of carbonyl (C=O) groups is 4. The van der Waals surface area contributed by atoms with Crippen LogP contribution in [0.1, 0.15) is 52.6 Å². The molecule has 4 aromatic carbocycles. The number of nitrogens with zero attached hydrogens (tertiary/aromatic N) is 1. The van der Waals surface area contributed by atoms with Crippen LogP contribution in [0.25, 0.3) is 6.08 Å². The van der Waals surface area contributed by atoms with E-state index < -0.39 is 23.3 Å². The summed E-state index contributed by atoms with van der Waals surface area (Å²) in [5.41, 5.74) is 4.05. The van der Waals surface area contributed by atoms with Crippen molar-refractivity contribution < 1.29 is 28.7 Å². The molecule has 0 unspecified atom stereocenters. The number of esters is 2. The van der Waals surface area contributed by atoms with Crippen LogP contribution in [-0.2, 0) is 9.59 Å². The van der Waals surface area contributed by atoms with E-state index in [9.17, 15) is 19.2 Å². The van der Waals surface area contributed by atoms with Crippen LogP contribution in [-0.4, -0.2) is 30.0 Å².